The van der Waals surface area contributed by atoms with Crippen LogP contribution in [0, 0.1) is 17.7 Å². The molecule has 1 N–H and O–H groups in total. The monoisotopic (exact) mass is 411 g/mol. The smallest absolute Gasteiger partial charge is 0.142 e. The summed E-state index contributed by atoms with van der Waals surface area (Å²) in [7, 11) is 0. The first-order chi connectivity index (χ1) is 15.1. The van der Waals surface area contributed by atoms with E-state index in [0.717, 1.165) is 31.5 Å². The summed E-state index contributed by atoms with van der Waals surface area (Å²) in [5.41, 5.74) is 4.67. The molecule has 2 aromatic heterocycles. The van der Waals surface area contributed by atoms with Gasteiger partial charge in [0.25, 0.3) is 0 Å². The maximum atomic E-state index is 13.3. The van der Waals surface area contributed by atoms with Gasteiger partial charge >= 0.3 is 0 Å². The van der Waals surface area contributed by atoms with E-state index in [1.54, 1.807) is 6.07 Å². The summed E-state index contributed by atoms with van der Waals surface area (Å²) in [5, 5.41) is 0.709. The SMILES string of the molecule is C=C(C#Cc1cc2cc(F)cnc2[nH]1)/C=C\C(=C/C)N1CCC(c2ccccc2)CC1. The third-order valence-electron chi connectivity index (χ3n) is 5.68. The van der Waals surface area contributed by atoms with Gasteiger partial charge in [-0.15, -0.1) is 0 Å². The molecule has 4 rings (SSSR count). The molecule has 1 saturated heterocycles. The number of fused-ring (bicyclic) bond motifs is 1. The lowest BCUT2D eigenvalue weighted by Gasteiger charge is -2.34. The summed E-state index contributed by atoms with van der Waals surface area (Å²) in [6, 6.07) is 14.0. The lowest BCUT2D eigenvalue weighted by Crippen LogP contribution is -2.31. The van der Waals surface area contributed by atoms with Gasteiger partial charge in [-0.25, -0.2) is 9.37 Å². The number of H-pyrrole nitrogens is 1. The van der Waals surface area contributed by atoms with Crippen LogP contribution in [0.4, 0.5) is 4.39 Å². The maximum absolute atomic E-state index is 13.3. The summed E-state index contributed by atoms with van der Waals surface area (Å²) >= 11 is 0. The molecule has 0 aliphatic carbocycles. The largest absolute Gasteiger partial charge is 0.372 e. The minimum atomic E-state index is -0.356. The third-order valence-corrected chi connectivity index (χ3v) is 5.68. The van der Waals surface area contributed by atoms with E-state index in [1.165, 1.54) is 23.5 Å². The number of benzene rings is 1. The number of aromatic nitrogens is 2. The van der Waals surface area contributed by atoms with Crippen LogP contribution in [0.25, 0.3) is 11.0 Å². The molecule has 0 saturated carbocycles. The first-order valence-corrected chi connectivity index (χ1v) is 10.6. The molecular formula is C27H26FN3. The number of nitrogens with one attached hydrogen (secondary N) is 1. The Hall–Kier alpha value is -3.58. The second-order valence-corrected chi connectivity index (χ2v) is 7.77. The van der Waals surface area contributed by atoms with Crippen molar-refractivity contribution in [1.82, 2.24) is 14.9 Å². The van der Waals surface area contributed by atoms with Crippen LogP contribution in [0.15, 0.2) is 84.7 Å². The van der Waals surface area contributed by atoms with Gasteiger partial charge in [-0.05, 0) is 61.5 Å². The average molecular weight is 412 g/mol. The molecule has 1 aliphatic heterocycles. The van der Waals surface area contributed by atoms with Crippen molar-refractivity contribution in [2.45, 2.75) is 25.7 Å². The van der Waals surface area contributed by atoms with Crippen LogP contribution < -0.4 is 0 Å². The fourth-order valence-electron chi connectivity index (χ4n) is 4.01. The quantitative estimate of drug-likeness (QED) is 0.425. The fourth-order valence-corrected chi connectivity index (χ4v) is 4.01. The van der Waals surface area contributed by atoms with E-state index in [-0.39, 0.29) is 5.82 Å². The zero-order valence-corrected chi connectivity index (χ0v) is 17.7. The number of nitrogens with zero attached hydrogens (tertiary/aromatic N) is 2. The van der Waals surface area contributed by atoms with Gasteiger partial charge in [0.05, 0.1) is 11.9 Å². The molecule has 0 bridgehead atoms. The zero-order chi connectivity index (χ0) is 21.6. The van der Waals surface area contributed by atoms with Crippen LogP contribution in [0.3, 0.4) is 0 Å². The normalized spacial score (nSPS) is 15.3. The summed E-state index contributed by atoms with van der Waals surface area (Å²) in [5.74, 6) is 6.38. The number of rotatable bonds is 4. The van der Waals surface area contributed by atoms with Gasteiger partial charge in [0, 0.05) is 29.7 Å². The highest BCUT2D eigenvalue weighted by atomic mass is 19.1. The molecule has 0 atom stereocenters. The van der Waals surface area contributed by atoms with Gasteiger partial charge in [0.1, 0.15) is 11.5 Å². The van der Waals surface area contributed by atoms with Crippen LogP contribution >= 0.6 is 0 Å². The molecule has 3 heterocycles. The molecule has 3 aromatic rings. The molecule has 1 fully saturated rings. The number of pyridine rings is 1. The first-order valence-electron chi connectivity index (χ1n) is 10.6. The molecular weight excluding hydrogens is 385 g/mol. The third kappa shape index (κ3) is 5.13. The average Bonchev–Trinajstić information content (AvgIpc) is 3.21. The van der Waals surface area contributed by atoms with E-state index in [4.69, 9.17) is 0 Å². The highest BCUT2D eigenvalue weighted by Crippen LogP contribution is 2.29. The highest BCUT2D eigenvalue weighted by molar-refractivity contribution is 5.77. The molecule has 156 valence electrons. The van der Waals surface area contributed by atoms with Gasteiger partial charge in [-0.1, -0.05) is 48.9 Å². The minimum Gasteiger partial charge on any atom is -0.372 e. The van der Waals surface area contributed by atoms with Gasteiger partial charge < -0.3 is 9.88 Å². The van der Waals surface area contributed by atoms with Gasteiger partial charge in [0.15, 0.2) is 0 Å². The zero-order valence-electron chi connectivity index (χ0n) is 17.7. The number of halogens is 1. The molecule has 1 aromatic carbocycles. The van der Waals surface area contributed by atoms with Crippen molar-refractivity contribution < 1.29 is 4.39 Å². The minimum absolute atomic E-state index is 0.356. The molecule has 3 nitrogen and oxygen atoms in total. The van der Waals surface area contributed by atoms with Crippen LogP contribution in [0.2, 0.25) is 0 Å². The van der Waals surface area contributed by atoms with Crippen LogP contribution in [0.5, 0.6) is 0 Å². The number of allylic oxidation sites excluding steroid dienone is 4. The van der Waals surface area contributed by atoms with Crippen LogP contribution in [-0.2, 0) is 0 Å². The summed E-state index contributed by atoms with van der Waals surface area (Å²) in [4.78, 5) is 9.54. The Morgan fingerprint density at radius 3 is 2.71 bits per heavy atom. The number of hydrogen-bond donors (Lipinski definition) is 1. The van der Waals surface area contributed by atoms with Crippen LogP contribution in [0.1, 0.15) is 36.9 Å². The Bertz CT molecular complexity index is 1180. The Labute approximate surface area is 183 Å². The van der Waals surface area contributed by atoms with Crippen molar-refractivity contribution in [2.24, 2.45) is 0 Å². The Kier molecular flexibility index (Phi) is 6.33. The van der Waals surface area contributed by atoms with Gasteiger partial charge in [-0.3, -0.25) is 0 Å². The first kappa shape index (κ1) is 20.7. The van der Waals surface area contributed by atoms with Gasteiger partial charge in [-0.2, -0.15) is 0 Å². The maximum Gasteiger partial charge on any atom is 0.142 e. The second-order valence-electron chi connectivity index (χ2n) is 7.77. The summed E-state index contributed by atoms with van der Waals surface area (Å²) in [6.07, 6.45) is 9.68. The molecule has 0 unspecified atom stereocenters. The molecule has 0 amide bonds. The van der Waals surface area contributed by atoms with E-state index in [9.17, 15) is 4.39 Å². The Morgan fingerprint density at radius 2 is 1.97 bits per heavy atom. The lowest BCUT2D eigenvalue weighted by molar-refractivity contribution is 0.269. The molecule has 31 heavy (non-hydrogen) atoms. The summed E-state index contributed by atoms with van der Waals surface area (Å²) in [6.45, 7) is 8.19. The molecule has 1 aliphatic rings. The van der Waals surface area contributed by atoms with Crippen molar-refractivity contribution >= 4 is 11.0 Å². The molecule has 0 radical (unpaired) electrons. The van der Waals surface area contributed by atoms with E-state index < -0.39 is 0 Å². The van der Waals surface area contributed by atoms with Crippen molar-refractivity contribution in [1.29, 1.82) is 0 Å². The van der Waals surface area contributed by atoms with Gasteiger partial charge in [0.2, 0.25) is 0 Å². The van der Waals surface area contributed by atoms with Crippen molar-refractivity contribution in [3.05, 3.63) is 102 Å². The van der Waals surface area contributed by atoms with Crippen LogP contribution in [-0.4, -0.2) is 28.0 Å². The molecule has 4 heteroatoms. The summed E-state index contributed by atoms with van der Waals surface area (Å²) < 4.78 is 13.3. The van der Waals surface area contributed by atoms with E-state index in [1.807, 2.05) is 6.08 Å². The predicted molar refractivity (Wildman–Crippen MR) is 125 cm³/mol. The number of aromatic amines is 1. The highest BCUT2D eigenvalue weighted by Gasteiger charge is 2.20. The van der Waals surface area contributed by atoms with Crippen molar-refractivity contribution in [3.8, 4) is 11.8 Å². The van der Waals surface area contributed by atoms with E-state index in [0.29, 0.717) is 22.6 Å². The predicted octanol–water partition coefficient (Wildman–Crippen LogP) is 5.95. The lowest BCUT2D eigenvalue weighted by atomic mass is 9.89. The number of piperidine rings is 1. The number of hydrogen-bond acceptors (Lipinski definition) is 2. The fraction of sp³-hybridized carbons (Fsp3) is 0.222. The van der Waals surface area contributed by atoms with Crippen molar-refractivity contribution in [2.75, 3.05) is 13.1 Å². The number of likely N-dealkylation sites (tertiary alicyclic amines) is 1. The Balaban J connectivity index is 1.36. The topological polar surface area (TPSA) is 31.9 Å². The standard InChI is InChI=1S/C27H26FN3/c1-3-26(31-15-13-22(14-16-31)21-7-5-4-6-8-21)12-10-20(2)9-11-25-18-23-17-24(28)19-29-27(23)30-25/h3-8,10,12,17-19,22H,2,13-16H2,1H3,(H,29,30)/b12-10-,26-3+. The van der Waals surface area contributed by atoms with E-state index >= 15 is 0 Å². The Morgan fingerprint density at radius 1 is 1.19 bits per heavy atom. The van der Waals surface area contributed by atoms with Crippen molar-refractivity contribution in [3.63, 3.8) is 0 Å². The van der Waals surface area contributed by atoms with E-state index in [2.05, 4.69) is 82.7 Å². The molecule has 0 spiro atoms. The second kappa shape index (κ2) is 9.49.